The molecular formula is C12H18N4O3. The molecule has 2 heterocycles. The maximum absolute atomic E-state index is 12.3. The van der Waals surface area contributed by atoms with Gasteiger partial charge in [0.05, 0.1) is 12.2 Å². The van der Waals surface area contributed by atoms with Crippen LogP contribution in [0.2, 0.25) is 0 Å². The van der Waals surface area contributed by atoms with Gasteiger partial charge in [-0.05, 0) is 13.0 Å². The van der Waals surface area contributed by atoms with E-state index in [9.17, 15) is 9.59 Å². The summed E-state index contributed by atoms with van der Waals surface area (Å²) in [5.74, 6) is -0.875. The molecule has 0 aliphatic carbocycles. The molecule has 0 aromatic carbocycles. The first-order chi connectivity index (χ1) is 8.97. The second-order valence-electron chi connectivity index (χ2n) is 4.76. The van der Waals surface area contributed by atoms with Crippen molar-refractivity contribution in [1.82, 2.24) is 19.6 Å². The maximum atomic E-state index is 12.3. The first kappa shape index (κ1) is 13.5. The van der Waals surface area contributed by atoms with E-state index in [0.717, 1.165) is 5.69 Å². The molecule has 0 saturated carbocycles. The van der Waals surface area contributed by atoms with E-state index in [0.29, 0.717) is 31.9 Å². The van der Waals surface area contributed by atoms with E-state index in [1.807, 2.05) is 11.8 Å². The summed E-state index contributed by atoms with van der Waals surface area (Å²) in [6, 6.07) is 1.77. The lowest BCUT2D eigenvalue weighted by molar-refractivity contribution is -0.138. The Morgan fingerprint density at radius 2 is 1.95 bits per heavy atom. The zero-order valence-corrected chi connectivity index (χ0v) is 11.2. The van der Waals surface area contributed by atoms with Gasteiger partial charge in [0.15, 0.2) is 0 Å². The largest absolute Gasteiger partial charge is 0.480 e. The summed E-state index contributed by atoms with van der Waals surface area (Å²) >= 11 is 0. The minimum Gasteiger partial charge on any atom is -0.480 e. The highest BCUT2D eigenvalue weighted by molar-refractivity contribution is 5.92. The quantitative estimate of drug-likeness (QED) is 0.803. The zero-order valence-electron chi connectivity index (χ0n) is 11.2. The lowest BCUT2D eigenvalue weighted by Crippen LogP contribution is -2.50. The molecule has 0 unspecified atom stereocenters. The molecule has 104 valence electrons. The zero-order chi connectivity index (χ0) is 14.0. The summed E-state index contributed by atoms with van der Waals surface area (Å²) in [4.78, 5) is 26.5. The van der Waals surface area contributed by atoms with Crippen LogP contribution in [-0.4, -0.2) is 69.3 Å². The standard InChI is InChI=1S/C12H18N4O3/c1-9-7-10(14(2)13-9)12(19)16-5-3-15(4-6-16)8-11(17)18/h7H,3-6,8H2,1-2H3,(H,17,18). The number of hydrogen-bond donors (Lipinski definition) is 1. The number of aliphatic carboxylic acids is 1. The van der Waals surface area contributed by atoms with Crippen molar-refractivity contribution in [3.63, 3.8) is 0 Å². The summed E-state index contributed by atoms with van der Waals surface area (Å²) < 4.78 is 1.58. The van der Waals surface area contributed by atoms with E-state index >= 15 is 0 Å². The molecule has 1 amide bonds. The number of carbonyl (C=O) groups excluding carboxylic acids is 1. The molecule has 1 aliphatic heterocycles. The van der Waals surface area contributed by atoms with E-state index in [-0.39, 0.29) is 12.5 Å². The van der Waals surface area contributed by atoms with Gasteiger partial charge in [0, 0.05) is 33.2 Å². The summed E-state index contributed by atoms with van der Waals surface area (Å²) in [5, 5.41) is 12.9. The van der Waals surface area contributed by atoms with Crippen molar-refractivity contribution in [3.05, 3.63) is 17.5 Å². The predicted molar refractivity (Wildman–Crippen MR) is 67.9 cm³/mol. The van der Waals surface area contributed by atoms with Crippen LogP contribution in [0, 0.1) is 6.92 Å². The van der Waals surface area contributed by atoms with E-state index in [1.54, 1.807) is 22.7 Å². The Morgan fingerprint density at radius 3 is 2.42 bits per heavy atom. The molecule has 1 fully saturated rings. The van der Waals surface area contributed by atoms with Crippen LogP contribution >= 0.6 is 0 Å². The Morgan fingerprint density at radius 1 is 1.32 bits per heavy atom. The first-order valence-corrected chi connectivity index (χ1v) is 6.21. The van der Waals surface area contributed by atoms with Crippen LogP contribution in [0.4, 0.5) is 0 Å². The maximum Gasteiger partial charge on any atom is 0.317 e. The van der Waals surface area contributed by atoms with Crippen molar-refractivity contribution in [2.24, 2.45) is 7.05 Å². The monoisotopic (exact) mass is 266 g/mol. The third-order valence-electron chi connectivity index (χ3n) is 3.24. The van der Waals surface area contributed by atoms with Gasteiger partial charge in [0.2, 0.25) is 0 Å². The fourth-order valence-corrected chi connectivity index (χ4v) is 2.27. The van der Waals surface area contributed by atoms with E-state index in [1.165, 1.54) is 0 Å². The number of nitrogens with zero attached hydrogens (tertiary/aromatic N) is 4. The minimum absolute atomic E-state index is 0.0346. The van der Waals surface area contributed by atoms with Crippen molar-refractivity contribution in [3.8, 4) is 0 Å². The SMILES string of the molecule is Cc1cc(C(=O)N2CCN(CC(=O)O)CC2)n(C)n1. The molecule has 2 rings (SSSR count). The van der Waals surface area contributed by atoms with Gasteiger partial charge in [-0.2, -0.15) is 5.10 Å². The van der Waals surface area contributed by atoms with Crippen LogP contribution in [0.3, 0.4) is 0 Å². The Hall–Kier alpha value is -1.89. The number of carbonyl (C=O) groups is 2. The van der Waals surface area contributed by atoms with Crippen molar-refractivity contribution in [2.45, 2.75) is 6.92 Å². The molecule has 1 saturated heterocycles. The second kappa shape index (κ2) is 5.40. The number of aryl methyl sites for hydroxylation is 2. The molecular weight excluding hydrogens is 248 g/mol. The smallest absolute Gasteiger partial charge is 0.317 e. The number of carboxylic acid groups (broad SMARTS) is 1. The molecule has 7 nitrogen and oxygen atoms in total. The van der Waals surface area contributed by atoms with Gasteiger partial charge < -0.3 is 10.0 Å². The van der Waals surface area contributed by atoms with Crippen LogP contribution in [0.1, 0.15) is 16.2 Å². The van der Waals surface area contributed by atoms with Crippen molar-refractivity contribution in [2.75, 3.05) is 32.7 Å². The number of aromatic nitrogens is 2. The van der Waals surface area contributed by atoms with E-state index in [2.05, 4.69) is 5.10 Å². The average molecular weight is 266 g/mol. The number of piperazine rings is 1. The number of carboxylic acids is 1. The highest BCUT2D eigenvalue weighted by Crippen LogP contribution is 2.09. The third-order valence-corrected chi connectivity index (χ3v) is 3.24. The van der Waals surface area contributed by atoms with Crippen LogP contribution in [0.15, 0.2) is 6.07 Å². The Kier molecular flexibility index (Phi) is 3.84. The summed E-state index contributed by atoms with van der Waals surface area (Å²) in [6.45, 7) is 4.17. The molecule has 0 bridgehead atoms. The molecule has 1 aromatic heterocycles. The van der Waals surface area contributed by atoms with E-state index in [4.69, 9.17) is 5.11 Å². The Balaban J connectivity index is 1.96. The number of hydrogen-bond acceptors (Lipinski definition) is 4. The second-order valence-corrected chi connectivity index (χ2v) is 4.76. The molecule has 1 aliphatic rings. The van der Waals surface area contributed by atoms with Crippen LogP contribution in [-0.2, 0) is 11.8 Å². The molecule has 0 radical (unpaired) electrons. The van der Waals surface area contributed by atoms with Gasteiger partial charge >= 0.3 is 5.97 Å². The average Bonchev–Trinajstić information content (AvgIpc) is 2.68. The minimum atomic E-state index is -0.831. The fraction of sp³-hybridized carbons (Fsp3) is 0.583. The van der Waals surface area contributed by atoms with Crippen molar-refractivity contribution in [1.29, 1.82) is 0 Å². The highest BCUT2D eigenvalue weighted by atomic mass is 16.4. The molecule has 7 heteroatoms. The molecule has 1 aromatic rings. The van der Waals surface area contributed by atoms with Crippen molar-refractivity contribution < 1.29 is 14.7 Å². The van der Waals surface area contributed by atoms with Crippen LogP contribution in [0.25, 0.3) is 0 Å². The predicted octanol–water partition coefficient (Wildman–Crippen LogP) is -0.429. The van der Waals surface area contributed by atoms with Gasteiger partial charge in [-0.1, -0.05) is 0 Å². The third kappa shape index (κ3) is 3.11. The lowest BCUT2D eigenvalue weighted by atomic mass is 10.2. The molecule has 19 heavy (non-hydrogen) atoms. The molecule has 1 N–H and O–H groups in total. The topological polar surface area (TPSA) is 78.7 Å². The van der Waals surface area contributed by atoms with E-state index < -0.39 is 5.97 Å². The Bertz CT molecular complexity index is 489. The van der Waals surface area contributed by atoms with Crippen LogP contribution < -0.4 is 0 Å². The number of rotatable bonds is 3. The summed E-state index contributed by atoms with van der Waals surface area (Å²) in [6.07, 6.45) is 0. The van der Waals surface area contributed by atoms with Gasteiger partial charge in [-0.3, -0.25) is 19.2 Å². The fourth-order valence-electron chi connectivity index (χ4n) is 2.27. The lowest BCUT2D eigenvalue weighted by Gasteiger charge is -2.33. The molecule has 0 spiro atoms. The summed E-state index contributed by atoms with van der Waals surface area (Å²) in [7, 11) is 1.75. The summed E-state index contributed by atoms with van der Waals surface area (Å²) in [5.41, 5.74) is 1.39. The Labute approximate surface area is 111 Å². The van der Waals surface area contributed by atoms with Crippen molar-refractivity contribution >= 4 is 11.9 Å². The normalized spacial score (nSPS) is 16.6. The van der Waals surface area contributed by atoms with Gasteiger partial charge in [0.1, 0.15) is 5.69 Å². The first-order valence-electron chi connectivity index (χ1n) is 6.21. The van der Waals surface area contributed by atoms with Gasteiger partial charge in [-0.15, -0.1) is 0 Å². The van der Waals surface area contributed by atoms with Gasteiger partial charge in [0.25, 0.3) is 5.91 Å². The van der Waals surface area contributed by atoms with Crippen LogP contribution in [0.5, 0.6) is 0 Å². The highest BCUT2D eigenvalue weighted by Gasteiger charge is 2.24. The van der Waals surface area contributed by atoms with Gasteiger partial charge in [-0.25, -0.2) is 0 Å². The molecule has 0 atom stereocenters. The number of amides is 1.